The van der Waals surface area contributed by atoms with E-state index in [0.29, 0.717) is 12.0 Å². The Labute approximate surface area is 112 Å². The largest absolute Gasteiger partial charge is 0.464 e. The van der Waals surface area contributed by atoms with Gasteiger partial charge in [0.25, 0.3) is 5.91 Å². The number of rotatable bonds is 6. The molecule has 1 rings (SSSR count). The van der Waals surface area contributed by atoms with Gasteiger partial charge in [0.2, 0.25) is 0 Å². The average Bonchev–Trinajstić information content (AvgIpc) is 2.81. The third kappa shape index (κ3) is 4.57. The number of allylic oxidation sites excluding steroid dienone is 1. The Kier molecular flexibility index (Phi) is 5.78. The highest BCUT2D eigenvalue weighted by Gasteiger charge is 2.21. The summed E-state index contributed by atoms with van der Waals surface area (Å²) in [5, 5.41) is 6.56. The number of aryl methyl sites for hydroxylation is 1. The van der Waals surface area contributed by atoms with Crippen LogP contribution in [0.5, 0.6) is 0 Å². The van der Waals surface area contributed by atoms with Crippen molar-refractivity contribution in [3.05, 3.63) is 30.1 Å². The summed E-state index contributed by atoms with van der Waals surface area (Å²) in [5.41, 5.74) is 0.414. The minimum Gasteiger partial charge on any atom is -0.464 e. The Morgan fingerprint density at radius 2 is 2.32 bits per heavy atom. The molecule has 6 nitrogen and oxygen atoms in total. The molecule has 0 radical (unpaired) electrons. The minimum absolute atomic E-state index is 0.286. The Bertz CT molecular complexity index is 465. The summed E-state index contributed by atoms with van der Waals surface area (Å²) in [6.45, 7) is 3.87. The van der Waals surface area contributed by atoms with Crippen molar-refractivity contribution < 1.29 is 14.3 Å². The average molecular weight is 265 g/mol. The predicted molar refractivity (Wildman–Crippen MR) is 70.5 cm³/mol. The number of nitrogens with zero attached hydrogens (tertiary/aromatic N) is 2. The number of carbonyl (C=O) groups excluding carboxylic acids is 2. The third-order valence-corrected chi connectivity index (χ3v) is 2.45. The van der Waals surface area contributed by atoms with Crippen LogP contribution in [0.15, 0.2) is 24.5 Å². The van der Waals surface area contributed by atoms with Gasteiger partial charge in [0.05, 0.1) is 18.4 Å². The van der Waals surface area contributed by atoms with E-state index in [-0.39, 0.29) is 12.5 Å². The van der Waals surface area contributed by atoms with Gasteiger partial charge in [-0.25, -0.2) is 4.79 Å². The number of nitrogens with one attached hydrogen (secondary N) is 1. The molecular weight excluding hydrogens is 246 g/mol. The van der Waals surface area contributed by atoms with Crippen LogP contribution in [0.2, 0.25) is 0 Å². The van der Waals surface area contributed by atoms with Crippen molar-refractivity contribution in [2.75, 3.05) is 6.61 Å². The highest BCUT2D eigenvalue weighted by atomic mass is 16.5. The van der Waals surface area contributed by atoms with Gasteiger partial charge in [-0.1, -0.05) is 12.2 Å². The van der Waals surface area contributed by atoms with E-state index in [1.54, 1.807) is 20.2 Å². The fraction of sp³-hybridized carbons (Fsp3) is 0.462. The SMILES string of the molecule is C/C=C\CC(NC(=O)c1cnn(C)c1)C(=O)OCC. The van der Waals surface area contributed by atoms with Gasteiger partial charge in [-0.3, -0.25) is 9.48 Å². The van der Waals surface area contributed by atoms with E-state index in [1.165, 1.54) is 10.9 Å². The molecule has 0 aliphatic heterocycles. The molecule has 1 amide bonds. The second-order valence-electron chi connectivity index (χ2n) is 3.99. The molecule has 0 aromatic carbocycles. The zero-order valence-corrected chi connectivity index (χ0v) is 11.4. The summed E-state index contributed by atoms with van der Waals surface area (Å²) >= 11 is 0. The fourth-order valence-electron chi connectivity index (χ4n) is 1.51. The van der Waals surface area contributed by atoms with Gasteiger partial charge in [-0.15, -0.1) is 0 Å². The van der Waals surface area contributed by atoms with Crippen LogP contribution in [0.25, 0.3) is 0 Å². The first-order chi connectivity index (χ1) is 9.08. The first-order valence-corrected chi connectivity index (χ1v) is 6.15. The molecule has 0 bridgehead atoms. The number of hydrogen-bond donors (Lipinski definition) is 1. The van der Waals surface area contributed by atoms with Crippen molar-refractivity contribution in [1.82, 2.24) is 15.1 Å². The van der Waals surface area contributed by atoms with Gasteiger partial charge >= 0.3 is 5.97 Å². The van der Waals surface area contributed by atoms with Crippen LogP contribution < -0.4 is 5.32 Å². The van der Waals surface area contributed by atoms with Crippen LogP contribution in [0.4, 0.5) is 0 Å². The lowest BCUT2D eigenvalue weighted by atomic mass is 10.2. The van der Waals surface area contributed by atoms with E-state index >= 15 is 0 Å². The van der Waals surface area contributed by atoms with E-state index in [0.717, 1.165) is 0 Å². The molecule has 0 aliphatic carbocycles. The monoisotopic (exact) mass is 265 g/mol. The van der Waals surface area contributed by atoms with Crippen LogP contribution in [0.3, 0.4) is 0 Å². The van der Waals surface area contributed by atoms with Crippen LogP contribution in [0, 0.1) is 0 Å². The standard InChI is InChI=1S/C13H19N3O3/c1-4-6-7-11(13(18)19-5-2)15-12(17)10-8-14-16(3)9-10/h4,6,8-9,11H,5,7H2,1-3H3,(H,15,17)/b6-4-. The zero-order valence-electron chi connectivity index (χ0n) is 11.4. The lowest BCUT2D eigenvalue weighted by molar-refractivity contribution is -0.145. The topological polar surface area (TPSA) is 73.2 Å². The first-order valence-electron chi connectivity index (χ1n) is 6.15. The summed E-state index contributed by atoms with van der Waals surface area (Å²) in [7, 11) is 1.72. The van der Waals surface area contributed by atoms with Crippen molar-refractivity contribution >= 4 is 11.9 Å². The maximum Gasteiger partial charge on any atom is 0.328 e. The van der Waals surface area contributed by atoms with Gasteiger partial charge in [0.1, 0.15) is 6.04 Å². The molecule has 1 N–H and O–H groups in total. The molecule has 1 heterocycles. The number of hydrogen-bond acceptors (Lipinski definition) is 4. The molecule has 1 aromatic rings. The zero-order chi connectivity index (χ0) is 14.3. The normalized spacial score (nSPS) is 12.4. The Balaban J connectivity index is 2.70. The molecule has 0 fully saturated rings. The van der Waals surface area contributed by atoms with E-state index in [4.69, 9.17) is 4.74 Å². The number of carbonyl (C=O) groups is 2. The second kappa shape index (κ2) is 7.35. The van der Waals surface area contributed by atoms with E-state index in [9.17, 15) is 9.59 Å². The Morgan fingerprint density at radius 1 is 1.58 bits per heavy atom. The van der Waals surface area contributed by atoms with Crippen molar-refractivity contribution in [2.45, 2.75) is 26.3 Å². The van der Waals surface area contributed by atoms with Crippen LogP contribution >= 0.6 is 0 Å². The van der Waals surface area contributed by atoms with Crippen molar-refractivity contribution in [2.24, 2.45) is 7.05 Å². The summed E-state index contributed by atoms with van der Waals surface area (Å²) in [6, 6.07) is -0.677. The summed E-state index contributed by atoms with van der Waals surface area (Å²) in [4.78, 5) is 23.7. The molecule has 0 saturated carbocycles. The van der Waals surface area contributed by atoms with Gasteiger partial charge in [0.15, 0.2) is 0 Å². The van der Waals surface area contributed by atoms with E-state index in [2.05, 4.69) is 10.4 Å². The van der Waals surface area contributed by atoms with Crippen LogP contribution in [0.1, 0.15) is 30.6 Å². The van der Waals surface area contributed by atoms with Gasteiger partial charge in [0, 0.05) is 13.2 Å². The van der Waals surface area contributed by atoms with Crippen LogP contribution in [-0.2, 0) is 16.6 Å². The number of ether oxygens (including phenoxy) is 1. The van der Waals surface area contributed by atoms with Crippen molar-refractivity contribution in [3.8, 4) is 0 Å². The highest BCUT2D eigenvalue weighted by molar-refractivity contribution is 5.96. The van der Waals surface area contributed by atoms with E-state index in [1.807, 2.05) is 19.1 Å². The van der Waals surface area contributed by atoms with Crippen molar-refractivity contribution in [3.63, 3.8) is 0 Å². The predicted octanol–water partition coefficient (Wildman–Crippen LogP) is 1.05. The molecular formula is C13H19N3O3. The minimum atomic E-state index is -0.677. The molecule has 0 spiro atoms. The molecule has 19 heavy (non-hydrogen) atoms. The maximum atomic E-state index is 11.9. The summed E-state index contributed by atoms with van der Waals surface area (Å²) < 4.78 is 6.46. The molecule has 0 aliphatic rings. The molecule has 104 valence electrons. The smallest absolute Gasteiger partial charge is 0.328 e. The lowest BCUT2D eigenvalue weighted by Gasteiger charge is -2.15. The summed E-state index contributed by atoms with van der Waals surface area (Å²) in [5.74, 6) is -0.770. The van der Waals surface area contributed by atoms with E-state index < -0.39 is 12.0 Å². The van der Waals surface area contributed by atoms with Gasteiger partial charge in [-0.2, -0.15) is 5.10 Å². The first kappa shape index (κ1) is 14.9. The van der Waals surface area contributed by atoms with Gasteiger partial charge < -0.3 is 10.1 Å². The third-order valence-electron chi connectivity index (χ3n) is 2.45. The number of aromatic nitrogens is 2. The highest BCUT2D eigenvalue weighted by Crippen LogP contribution is 2.02. The lowest BCUT2D eigenvalue weighted by Crippen LogP contribution is -2.41. The van der Waals surface area contributed by atoms with Crippen molar-refractivity contribution in [1.29, 1.82) is 0 Å². The molecule has 1 atom stereocenters. The summed E-state index contributed by atoms with van der Waals surface area (Å²) in [6.07, 6.45) is 7.08. The maximum absolute atomic E-state index is 11.9. The fourth-order valence-corrected chi connectivity index (χ4v) is 1.51. The molecule has 1 unspecified atom stereocenters. The molecule has 0 saturated heterocycles. The quantitative estimate of drug-likeness (QED) is 0.616. The number of amides is 1. The van der Waals surface area contributed by atoms with Crippen LogP contribution in [-0.4, -0.2) is 34.3 Å². The number of esters is 1. The Hall–Kier alpha value is -2.11. The van der Waals surface area contributed by atoms with Gasteiger partial charge in [-0.05, 0) is 20.3 Å². The molecule has 1 aromatic heterocycles. The Morgan fingerprint density at radius 3 is 2.84 bits per heavy atom. The second-order valence-corrected chi connectivity index (χ2v) is 3.99. The molecule has 6 heteroatoms.